The van der Waals surface area contributed by atoms with E-state index >= 15 is 0 Å². The summed E-state index contributed by atoms with van der Waals surface area (Å²) in [5.41, 5.74) is 5.62. The van der Waals surface area contributed by atoms with Crippen molar-refractivity contribution in [2.24, 2.45) is 5.73 Å². The SMILES string of the molecule is C#CCC(N)C(=O)NC(C)CN1CCOCC1. The van der Waals surface area contributed by atoms with Gasteiger partial charge in [-0.3, -0.25) is 9.69 Å². The van der Waals surface area contributed by atoms with Gasteiger partial charge in [0.15, 0.2) is 0 Å². The number of carbonyl (C=O) groups is 1. The van der Waals surface area contributed by atoms with E-state index in [1.54, 1.807) is 0 Å². The molecule has 96 valence electrons. The van der Waals surface area contributed by atoms with Crippen molar-refractivity contribution in [3.8, 4) is 12.3 Å². The third-order valence-electron chi connectivity index (χ3n) is 2.70. The van der Waals surface area contributed by atoms with Crippen molar-refractivity contribution in [1.82, 2.24) is 10.2 Å². The number of terminal acetylenes is 1. The molecule has 0 aromatic carbocycles. The Morgan fingerprint density at radius 2 is 2.24 bits per heavy atom. The van der Waals surface area contributed by atoms with Gasteiger partial charge in [-0.2, -0.15) is 0 Å². The fourth-order valence-corrected chi connectivity index (χ4v) is 1.79. The molecule has 3 N–H and O–H groups in total. The van der Waals surface area contributed by atoms with Crippen LogP contribution < -0.4 is 11.1 Å². The van der Waals surface area contributed by atoms with Crippen LogP contribution in [0.2, 0.25) is 0 Å². The highest BCUT2D eigenvalue weighted by Crippen LogP contribution is 1.99. The van der Waals surface area contributed by atoms with Gasteiger partial charge in [0.25, 0.3) is 0 Å². The average molecular weight is 239 g/mol. The molecule has 0 spiro atoms. The highest BCUT2D eigenvalue weighted by atomic mass is 16.5. The van der Waals surface area contributed by atoms with Gasteiger partial charge >= 0.3 is 0 Å². The zero-order chi connectivity index (χ0) is 12.7. The Morgan fingerprint density at radius 3 is 2.82 bits per heavy atom. The Hall–Kier alpha value is -1.09. The third-order valence-corrected chi connectivity index (χ3v) is 2.70. The van der Waals surface area contributed by atoms with E-state index in [2.05, 4.69) is 16.1 Å². The highest BCUT2D eigenvalue weighted by Gasteiger charge is 2.17. The number of hydrogen-bond acceptors (Lipinski definition) is 4. The zero-order valence-corrected chi connectivity index (χ0v) is 10.3. The standard InChI is InChI=1S/C12H21N3O2/c1-3-4-11(13)12(16)14-10(2)9-15-5-7-17-8-6-15/h1,10-11H,4-9,13H2,2H3,(H,14,16). The first-order valence-electron chi connectivity index (χ1n) is 5.93. The Balaban J connectivity index is 2.26. The first-order chi connectivity index (χ1) is 8.13. The molecule has 1 amide bonds. The van der Waals surface area contributed by atoms with Crippen LogP contribution in [-0.2, 0) is 9.53 Å². The molecular weight excluding hydrogens is 218 g/mol. The first-order valence-corrected chi connectivity index (χ1v) is 5.93. The van der Waals surface area contributed by atoms with Crippen LogP contribution in [0, 0.1) is 12.3 Å². The lowest BCUT2D eigenvalue weighted by Gasteiger charge is -2.29. The van der Waals surface area contributed by atoms with Gasteiger partial charge in [-0.1, -0.05) is 0 Å². The monoisotopic (exact) mass is 239 g/mol. The number of nitrogens with zero attached hydrogens (tertiary/aromatic N) is 1. The number of nitrogens with one attached hydrogen (secondary N) is 1. The van der Waals surface area contributed by atoms with Gasteiger partial charge in [-0.05, 0) is 6.92 Å². The lowest BCUT2D eigenvalue weighted by molar-refractivity contribution is -0.123. The van der Waals surface area contributed by atoms with Crippen LogP contribution in [-0.4, -0.2) is 55.7 Å². The minimum absolute atomic E-state index is 0.0735. The van der Waals surface area contributed by atoms with E-state index in [0.29, 0.717) is 0 Å². The lowest BCUT2D eigenvalue weighted by atomic mass is 10.2. The van der Waals surface area contributed by atoms with Gasteiger partial charge < -0.3 is 15.8 Å². The first kappa shape index (κ1) is 14.0. The fraction of sp³-hybridized carbons (Fsp3) is 0.750. The van der Waals surface area contributed by atoms with Gasteiger partial charge in [0.2, 0.25) is 5.91 Å². The normalized spacial score (nSPS) is 20.3. The number of morpholine rings is 1. The molecular formula is C12H21N3O2. The molecule has 5 nitrogen and oxygen atoms in total. The Kier molecular flexibility index (Phi) is 5.98. The summed E-state index contributed by atoms with van der Waals surface area (Å²) >= 11 is 0. The average Bonchev–Trinajstić information content (AvgIpc) is 2.30. The summed E-state index contributed by atoms with van der Waals surface area (Å²) in [6.07, 6.45) is 5.39. The summed E-state index contributed by atoms with van der Waals surface area (Å²) in [5, 5.41) is 2.87. The number of ether oxygens (including phenoxy) is 1. The summed E-state index contributed by atoms with van der Waals surface area (Å²) in [5.74, 6) is 2.21. The van der Waals surface area contributed by atoms with Crippen molar-refractivity contribution in [3.05, 3.63) is 0 Å². The Morgan fingerprint density at radius 1 is 1.59 bits per heavy atom. The molecule has 0 aromatic rings. The second-order valence-corrected chi connectivity index (χ2v) is 4.34. The maximum absolute atomic E-state index is 11.6. The summed E-state index contributed by atoms with van der Waals surface area (Å²) in [4.78, 5) is 13.9. The smallest absolute Gasteiger partial charge is 0.238 e. The van der Waals surface area contributed by atoms with Crippen LogP contribution in [0.5, 0.6) is 0 Å². The molecule has 0 aromatic heterocycles. The van der Waals surface area contributed by atoms with E-state index in [-0.39, 0.29) is 18.4 Å². The van der Waals surface area contributed by atoms with Gasteiger partial charge in [0.1, 0.15) is 0 Å². The van der Waals surface area contributed by atoms with Crippen LogP contribution in [0.25, 0.3) is 0 Å². The maximum Gasteiger partial charge on any atom is 0.238 e. The van der Waals surface area contributed by atoms with Gasteiger partial charge in [-0.15, -0.1) is 12.3 Å². The van der Waals surface area contributed by atoms with Crippen LogP contribution in [0.3, 0.4) is 0 Å². The minimum Gasteiger partial charge on any atom is -0.379 e. The summed E-state index contributed by atoms with van der Waals surface area (Å²) in [7, 11) is 0. The fourth-order valence-electron chi connectivity index (χ4n) is 1.79. The van der Waals surface area contributed by atoms with Gasteiger partial charge in [-0.25, -0.2) is 0 Å². The third kappa shape index (κ3) is 5.18. The van der Waals surface area contributed by atoms with Crippen molar-refractivity contribution in [1.29, 1.82) is 0 Å². The van der Waals surface area contributed by atoms with E-state index in [9.17, 15) is 4.79 Å². The molecule has 2 unspecified atom stereocenters. The molecule has 0 bridgehead atoms. The molecule has 1 heterocycles. The van der Waals surface area contributed by atoms with E-state index in [1.165, 1.54) is 0 Å². The Labute approximate surface area is 103 Å². The summed E-state index contributed by atoms with van der Waals surface area (Å²) < 4.78 is 5.26. The number of amides is 1. The molecule has 1 aliphatic heterocycles. The molecule has 5 heteroatoms. The van der Waals surface area contributed by atoms with Crippen molar-refractivity contribution < 1.29 is 9.53 Å². The van der Waals surface area contributed by atoms with Gasteiger partial charge in [0.05, 0.1) is 19.3 Å². The quantitative estimate of drug-likeness (QED) is 0.615. The highest BCUT2D eigenvalue weighted by molar-refractivity contribution is 5.82. The Bertz CT molecular complexity index is 282. The molecule has 2 atom stereocenters. The van der Waals surface area contributed by atoms with E-state index in [1.807, 2.05) is 6.92 Å². The van der Waals surface area contributed by atoms with E-state index in [4.69, 9.17) is 16.9 Å². The number of hydrogen-bond donors (Lipinski definition) is 2. The number of nitrogens with two attached hydrogens (primary N) is 1. The minimum atomic E-state index is -0.605. The largest absolute Gasteiger partial charge is 0.379 e. The predicted molar refractivity (Wildman–Crippen MR) is 66.3 cm³/mol. The van der Waals surface area contributed by atoms with Crippen molar-refractivity contribution >= 4 is 5.91 Å². The zero-order valence-electron chi connectivity index (χ0n) is 10.3. The molecule has 0 aliphatic carbocycles. The summed E-state index contributed by atoms with van der Waals surface area (Å²) in [6, 6.07) is -0.531. The van der Waals surface area contributed by atoms with Crippen molar-refractivity contribution in [2.75, 3.05) is 32.8 Å². The lowest BCUT2D eigenvalue weighted by Crippen LogP contribution is -2.49. The molecule has 1 fully saturated rings. The molecule has 0 saturated carbocycles. The molecule has 0 radical (unpaired) electrons. The number of rotatable bonds is 5. The van der Waals surface area contributed by atoms with Crippen LogP contribution in [0.1, 0.15) is 13.3 Å². The molecule has 17 heavy (non-hydrogen) atoms. The second-order valence-electron chi connectivity index (χ2n) is 4.34. The number of carbonyl (C=O) groups excluding carboxylic acids is 1. The van der Waals surface area contributed by atoms with Crippen molar-refractivity contribution in [3.63, 3.8) is 0 Å². The van der Waals surface area contributed by atoms with Crippen LogP contribution in [0.15, 0.2) is 0 Å². The van der Waals surface area contributed by atoms with Crippen LogP contribution in [0.4, 0.5) is 0 Å². The predicted octanol–water partition coefficient (Wildman–Crippen LogP) is -0.826. The topological polar surface area (TPSA) is 67.6 Å². The molecule has 1 aliphatic rings. The molecule has 1 rings (SSSR count). The molecule has 1 saturated heterocycles. The van der Waals surface area contributed by atoms with Crippen molar-refractivity contribution in [2.45, 2.75) is 25.4 Å². The maximum atomic E-state index is 11.6. The van der Waals surface area contributed by atoms with E-state index < -0.39 is 6.04 Å². The van der Waals surface area contributed by atoms with Gasteiger partial charge in [0, 0.05) is 32.1 Å². The summed E-state index contributed by atoms with van der Waals surface area (Å²) in [6.45, 7) is 6.13. The van der Waals surface area contributed by atoms with E-state index in [0.717, 1.165) is 32.8 Å². The van der Waals surface area contributed by atoms with Crippen LogP contribution >= 0.6 is 0 Å². The second kappa shape index (κ2) is 7.28.